The summed E-state index contributed by atoms with van der Waals surface area (Å²) in [6.45, 7) is 8.09. The summed E-state index contributed by atoms with van der Waals surface area (Å²) < 4.78 is 0. The van der Waals surface area contributed by atoms with Crippen molar-refractivity contribution < 1.29 is 9.90 Å². The van der Waals surface area contributed by atoms with Crippen LogP contribution >= 0.6 is 0 Å². The van der Waals surface area contributed by atoms with Crippen LogP contribution in [0.1, 0.15) is 46.5 Å². The fourth-order valence-electron chi connectivity index (χ4n) is 1.11. The van der Waals surface area contributed by atoms with Crippen LogP contribution in [0.3, 0.4) is 0 Å². The van der Waals surface area contributed by atoms with Crippen molar-refractivity contribution in [3.05, 3.63) is 0 Å². The predicted molar refractivity (Wildman–Crippen MR) is 65.1 cm³/mol. The van der Waals surface area contributed by atoms with E-state index in [9.17, 15) is 4.79 Å². The fourth-order valence-corrected chi connectivity index (χ4v) is 1.11. The van der Waals surface area contributed by atoms with Gasteiger partial charge in [0.2, 0.25) is 0 Å². The summed E-state index contributed by atoms with van der Waals surface area (Å²) in [5, 5.41) is 9.00. The molecular formula is C12H27NO2. The summed E-state index contributed by atoms with van der Waals surface area (Å²) in [6.07, 6.45) is 4.50. The number of carbonyl (C=O) groups excluding carboxylic acids is 1. The molecule has 1 aliphatic heterocycles. The minimum absolute atomic E-state index is 0.0220. The molecule has 0 aromatic carbocycles. The second-order valence-electron chi connectivity index (χ2n) is 3.49. The van der Waals surface area contributed by atoms with E-state index in [4.69, 9.17) is 5.11 Å². The lowest BCUT2D eigenvalue weighted by atomic mass is 10.1. The van der Waals surface area contributed by atoms with E-state index in [0.717, 1.165) is 38.6 Å². The van der Waals surface area contributed by atoms with Crippen LogP contribution in [0, 0.1) is 0 Å². The predicted octanol–water partition coefficient (Wildman–Crippen LogP) is 2.08. The van der Waals surface area contributed by atoms with Crippen molar-refractivity contribution >= 4 is 6.29 Å². The standard InChI is InChI=1S/C6H13NO.C4H8O.C2H6/c1-7-4-2-6(8)3-5-7;1-2-3-4-5;1-2/h6,8H,2-5H2,1H3;4H,2-3H2,1H3;1-2H3. The van der Waals surface area contributed by atoms with Crippen LogP contribution in [-0.2, 0) is 4.79 Å². The monoisotopic (exact) mass is 217 g/mol. The number of aldehydes is 1. The van der Waals surface area contributed by atoms with E-state index in [1.54, 1.807) is 0 Å². The minimum Gasteiger partial charge on any atom is -0.393 e. The molecule has 0 spiro atoms. The van der Waals surface area contributed by atoms with E-state index in [-0.39, 0.29) is 6.10 Å². The van der Waals surface area contributed by atoms with Gasteiger partial charge in [-0.2, -0.15) is 0 Å². The number of likely N-dealkylation sites (tertiary alicyclic amines) is 1. The maximum Gasteiger partial charge on any atom is 0.119 e. The van der Waals surface area contributed by atoms with Gasteiger partial charge in [-0.1, -0.05) is 20.8 Å². The molecule has 0 saturated carbocycles. The summed E-state index contributed by atoms with van der Waals surface area (Å²) in [5.74, 6) is 0. The van der Waals surface area contributed by atoms with E-state index < -0.39 is 0 Å². The third-order valence-electron chi connectivity index (χ3n) is 2.09. The maximum atomic E-state index is 9.40. The first kappa shape index (κ1) is 17.0. The summed E-state index contributed by atoms with van der Waals surface area (Å²) in [5.41, 5.74) is 0. The number of piperidine rings is 1. The Bertz CT molecular complexity index is 111. The number of hydrogen-bond donors (Lipinski definition) is 1. The van der Waals surface area contributed by atoms with E-state index in [1.165, 1.54) is 0 Å². The van der Waals surface area contributed by atoms with Crippen LogP contribution in [0.25, 0.3) is 0 Å². The number of hydrogen-bond acceptors (Lipinski definition) is 3. The molecule has 0 bridgehead atoms. The Hall–Kier alpha value is -0.410. The van der Waals surface area contributed by atoms with Crippen LogP contribution in [0.15, 0.2) is 0 Å². The third-order valence-corrected chi connectivity index (χ3v) is 2.09. The molecule has 15 heavy (non-hydrogen) atoms. The Morgan fingerprint density at radius 2 is 1.80 bits per heavy atom. The molecule has 0 unspecified atom stereocenters. The number of carbonyl (C=O) groups is 1. The van der Waals surface area contributed by atoms with Crippen LogP contribution in [0.4, 0.5) is 0 Å². The van der Waals surface area contributed by atoms with Crippen LogP contribution in [0.2, 0.25) is 0 Å². The molecule has 3 heteroatoms. The first-order chi connectivity index (χ1) is 7.20. The van der Waals surface area contributed by atoms with E-state index in [1.807, 2.05) is 20.8 Å². The van der Waals surface area contributed by atoms with Gasteiger partial charge in [-0.15, -0.1) is 0 Å². The van der Waals surface area contributed by atoms with Gasteiger partial charge in [0.1, 0.15) is 6.29 Å². The number of rotatable bonds is 2. The van der Waals surface area contributed by atoms with Gasteiger partial charge in [0, 0.05) is 19.5 Å². The molecule has 0 aromatic rings. The average molecular weight is 217 g/mol. The van der Waals surface area contributed by atoms with Crippen molar-refractivity contribution in [3.8, 4) is 0 Å². The molecule has 0 aromatic heterocycles. The van der Waals surface area contributed by atoms with Gasteiger partial charge >= 0.3 is 0 Å². The molecule has 92 valence electrons. The molecule has 0 amide bonds. The highest BCUT2D eigenvalue weighted by Crippen LogP contribution is 2.06. The quantitative estimate of drug-likeness (QED) is 0.720. The zero-order valence-electron chi connectivity index (χ0n) is 10.7. The molecule has 1 N–H and O–H groups in total. The molecule has 0 atom stereocenters. The Balaban J connectivity index is 0. The summed E-state index contributed by atoms with van der Waals surface area (Å²) in [4.78, 5) is 11.6. The van der Waals surface area contributed by atoms with Crippen molar-refractivity contribution in [3.63, 3.8) is 0 Å². The van der Waals surface area contributed by atoms with Crippen molar-refractivity contribution in [2.24, 2.45) is 0 Å². The zero-order valence-corrected chi connectivity index (χ0v) is 10.7. The van der Waals surface area contributed by atoms with Gasteiger partial charge in [-0.25, -0.2) is 0 Å². The maximum absolute atomic E-state index is 9.40. The first-order valence-electron chi connectivity index (χ1n) is 6.01. The van der Waals surface area contributed by atoms with Gasteiger partial charge in [0.05, 0.1) is 6.10 Å². The Morgan fingerprint density at radius 3 is 2.00 bits per heavy atom. The topological polar surface area (TPSA) is 40.5 Å². The van der Waals surface area contributed by atoms with Crippen LogP contribution in [0.5, 0.6) is 0 Å². The average Bonchev–Trinajstić information content (AvgIpc) is 2.27. The van der Waals surface area contributed by atoms with Crippen molar-refractivity contribution in [1.82, 2.24) is 4.90 Å². The normalized spacial score (nSPS) is 16.9. The number of unbranched alkanes of at least 4 members (excludes halogenated alkanes) is 1. The molecule has 0 aliphatic carbocycles. The van der Waals surface area contributed by atoms with Gasteiger partial charge in [0.15, 0.2) is 0 Å². The Kier molecular flexibility index (Phi) is 15.4. The molecule has 1 saturated heterocycles. The number of aliphatic hydroxyl groups excluding tert-OH is 1. The molecule has 1 fully saturated rings. The lowest BCUT2D eigenvalue weighted by Crippen LogP contribution is -2.32. The Labute approximate surface area is 94.5 Å². The van der Waals surface area contributed by atoms with Crippen molar-refractivity contribution in [1.29, 1.82) is 0 Å². The van der Waals surface area contributed by atoms with Crippen LogP contribution in [-0.4, -0.2) is 42.5 Å². The van der Waals surface area contributed by atoms with Gasteiger partial charge in [-0.05, 0) is 26.3 Å². The summed E-state index contributed by atoms with van der Waals surface area (Å²) in [6, 6.07) is 0. The van der Waals surface area contributed by atoms with E-state index in [0.29, 0.717) is 6.42 Å². The molecule has 0 radical (unpaired) electrons. The second-order valence-corrected chi connectivity index (χ2v) is 3.49. The zero-order chi connectivity index (χ0) is 12.1. The largest absolute Gasteiger partial charge is 0.393 e. The first-order valence-corrected chi connectivity index (χ1v) is 6.01. The highest BCUT2D eigenvalue weighted by Gasteiger charge is 2.12. The number of aliphatic hydroxyl groups is 1. The second kappa shape index (κ2) is 13.6. The molecule has 3 nitrogen and oxygen atoms in total. The SMILES string of the molecule is CC.CCCC=O.CN1CCC(O)CC1. The highest BCUT2D eigenvalue weighted by molar-refractivity contribution is 5.48. The van der Waals surface area contributed by atoms with E-state index in [2.05, 4.69) is 11.9 Å². The Morgan fingerprint density at radius 1 is 1.33 bits per heavy atom. The van der Waals surface area contributed by atoms with Gasteiger partial charge in [-0.3, -0.25) is 0 Å². The lowest BCUT2D eigenvalue weighted by molar-refractivity contribution is -0.107. The molecule has 1 heterocycles. The van der Waals surface area contributed by atoms with Gasteiger partial charge < -0.3 is 14.8 Å². The highest BCUT2D eigenvalue weighted by atomic mass is 16.3. The summed E-state index contributed by atoms with van der Waals surface area (Å²) in [7, 11) is 2.09. The summed E-state index contributed by atoms with van der Waals surface area (Å²) >= 11 is 0. The van der Waals surface area contributed by atoms with E-state index >= 15 is 0 Å². The lowest BCUT2D eigenvalue weighted by Gasteiger charge is -2.25. The van der Waals surface area contributed by atoms with Crippen LogP contribution < -0.4 is 0 Å². The fraction of sp³-hybridized carbons (Fsp3) is 0.917. The third kappa shape index (κ3) is 13.6. The van der Waals surface area contributed by atoms with Crippen molar-refractivity contribution in [2.45, 2.75) is 52.6 Å². The van der Waals surface area contributed by atoms with Crippen molar-refractivity contribution in [2.75, 3.05) is 20.1 Å². The minimum atomic E-state index is -0.0220. The molecule has 1 rings (SSSR count). The molecular weight excluding hydrogens is 190 g/mol. The number of nitrogens with zero attached hydrogens (tertiary/aromatic N) is 1. The van der Waals surface area contributed by atoms with Gasteiger partial charge in [0.25, 0.3) is 0 Å². The smallest absolute Gasteiger partial charge is 0.119 e. The molecule has 1 aliphatic rings.